The van der Waals surface area contributed by atoms with Crippen LogP contribution < -0.4 is 5.32 Å². The molecule has 3 nitrogen and oxygen atoms in total. The van der Waals surface area contributed by atoms with Crippen molar-refractivity contribution in [3.05, 3.63) is 35.9 Å². The van der Waals surface area contributed by atoms with Gasteiger partial charge in [0.15, 0.2) is 0 Å². The number of benzene rings is 1. The molecule has 0 saturated carbocycles. The SMILES string of the molecule is CC(C)(CCl)C(=O)NC1CCN(Cc2ccccc2)C1. The summed E-state index contributed by atoms with van der Waals surface area (Å²) >= 11 is 5.84. The number of carbonyl (C=O) groups is 1. The van der Waals surface area contributed by atoms with Gasteiger partial charge in [-0.1, -0.05) is 30.3 Å². The summed E-state index contributed by atoms with van der Waals surface area (Å²) in [6, 6.07) is 10.7. The molecule has 20 heavy (non-hydrogen) atoms. The minimum absolute atomic E-state index is 0.0547. The summed E-state index contributed by atoms with van der Waals surface area (Å²) in [5.74, 6) is 0.401. The van der Waals surface area contributed by atoms with Gasteiger partial charge in [-0.2, -0.15) is 0 Å². The fourth-order valence-corrected chi connectivity index (χ4v) is 2.50. The monoisotopic (exact) mass is 294 g/mol. The molecular weight excluding hydrogens is 272 g/mol. The lowest BCUT2D eigenvalue weighted by Gasteiger charge is -2.23. The van der Waals surface area contributed by atoms with Crippen molar-refractivity contribution in [1.29, 1.82) is 0 Å². The van der Waals surface area contributed by atoms with Crippen LogP contribution in [0.4, 0.5) is 0 Å². The summed E-state index contributed by atoms with van der Waals surface area (Å²) in [6.45, 7) is 6.66. The van der Waals surface area contributed by atoms with Gasteiger partial charge in [0.05, 0.1) is 5.41 Å². The second-order valence-corrected chi connectivity index (χ2v) is 6.46. The molecule has 1 atom stereocenters. The number of alkyl halides is 1. The van der Waals surface area contributed by atoms with Crippen LogP contribution in [0.3, 0.4) is 0 Å². The topological polar surface area (TPSA) is 32.3 Å². The Morgan fingerprint density at radius 1 is 1.40 bits per heavy atom. The summed E-state index contributed by atoms with van der Waals surface area (Å²) in [5, 5.41) is 3.12. The van der Waals surface area contributed by atoms with Gasteiger partial charge in [0.25, 0.3) is 0 Å². The minimum atomic E-state index is -0.492. The number of amides is 1. The van der Waals surface area contributed by atoms with Gasteiger partial charge in [0, 0.05) is 31.6 Å². The van der Waals surface area contributed by atoms with Crippen molar-refractivity contribution >= 4 is 17.5 Å². The van der Waals surface area contributed by atoms with E-state index in [0.29, 0.717) is 5.88 Å². The van der Waals surface area contributed by atoms with Crippen LogP contribution in [0, 0.1) is 5.41 Å². The van der Waals surface area contributed by atoms with Gasteiger partial charge in [-0.3, -0.25) is 9.69 Å². The molecule has 0 aliphatic carbocycles. The first-order chi connectivity index (χ1) is 9.51. The first-order valence-corrected chi connectivity index (χ1v) is 7.68. The zero-order valence-corrected chi connectivity index (χ0v) is 13.0. The summed E-state index contributed by atoms with van der Waals surface area (Å²) in [7, 11) is 0. The summed E-state index contributed by atoms with van der Waals surface area (Å²) in [4.78, 5) is 14.5. The predicted octanol–water partition coefficient (Wildman–Crippen LogP) is 2.64. The highest BCUT2D eigenvalue weighted by Crippen LogP contribution is 2.19. The first kappa shape index (κ1) is 15.3. The lowest BCUT2D eigenvalue weighted by molar-refractivity contribution is -0.128. The van der Waals surface area contributed by atoms with E-state index in [1.165, 1.54) is 5.56 Å². The Bertz CT molecular complexity index is 447. The van der Waals surface area contributed by atoms with E-state index in [-0.39, 0.29) is 11.9 Å². The Kier molecular flexibility index (Phi) is 5.06. The van der Waals surface area contributed by atoms with E-state index in [4.69, 9.17) is 11.6 Å². The van der Waals surface area contributed by atoms with E-state index in [1.54, 1.807) is 0 Å². The Morgan fingerprint density at radius 2 is 2.10 bits per heavy atom. The van der Waals surface area contributed by atoms with E-state index < -0.39 is 5.41 Å². The maximum Gasteiger partial charge on any atom is 0.227 e. The number of halogens is 1. The van der Waals surface area contributed by atoms with Crippen LogP contribution in [-0.4, -0.2) is 35.8 Å². The van der Waals surface area contributed by atoms with Crippen molar-refractivity contribution in [2.75, 3.05) is 19.0 Å². The average Bonchev–Trinajstić information content (AvgIpc) is 2.87. The highest BCUT2D eigenvalue weighted by molar-refractivity contribution is 6.19. The van der Waals surface area contributed by atoms with Gasteiger partial charge in [0.2, 0.25) is 5.91 Å². The minimum Gasteiger partial charge on any atom is -0.352 e. The molecule has 1 amide bonds. The fraction of sp³-hybridized carbons (Fsp3) is 0.562. The van der Waals surface area contributed by atoms with E-state index in [0.717, 1.165) is 26.1 Å². The quantitative estimate of drug-likeness (QED) is 0.847. The highest BCUT2D eigenvalue weighted by atomic mass is 35.5. The van der Waals surface area contributed by atoms with Crippen molar-refractivity contribution in [1.82, 2.24) is 10.2 Å². The van der Waals surface area contributed by atoms with Crippen LogP contribution in [0.5, 0.6) is 0 Å². The summed E-state index contributed by atoms with van der Waals surface area (Å²) in [5.41, 5.74) is 0.828. The van der Waals surface area contributed by atoms with Crippen molar-refractivity contribution < 1.29 is 4.79 Å². The molecule has 1 unspecified atom stereocenters. The van der Waals surface area contributed by atoms with Gasteiger partial charge in [0.1, 0.15) is 0 Å². The van der Waals surface area contributed by atoms with Crippen LogP contribution in [0.1, 0.15) is 25.8 Å². The Labute approximate surface area is 126 Å². The van der Waals surface area contributed by atoms with Gasteiger partial charge in [-0.05, 0) is 25.8 Å². The fourth-order valence-electron chi connectivity index (χ4n) is 2.38. The summed E-state index contributed by atoms with van der Waals surface area (Å²) < 4.78 is 0. The number of likely N-dealkylation sites (tertiary alicyclic amines) is 1. The highest BCUT2D eigenvalue weighted by Gasteiger charge is 2.31. The predicted molar refractivity (Wildman–Crippen MR) is 82.8 cm³/mol. The van der Waals surface area contributed by atoms with Crippen LogP contribution in [0.15, 0.2) is 30.3 Å². The molecule has 1 aromatic rings. The molecule has 0 radical (unpaired) electrons. The number of hydrogen-bond acceptors (Lipinski definition) is 2. The van der Waals surface area contributed by atoms with Gasteiger partial charge in [-0.15, -0.1) is 11.6 Å². The Balaban J connectivity index is 1.82. The molecule has 0 bridgehead atoms. The van der Waals surface area contributed by atoms with Crippen molar-refractivity contribution in [3.8, 4) is 0 Å². The standard InChI is InChI=1S/C16H23ClN2O/c1-16(2,12-17)15(20)18-14-8-9-19(11-14)10-13-6-4-3-5-7-13/h3-7,14H,8-12H2,1-2H3,(H,18,20). The maximum absolute atomic E-state index is 12.1. The van der Waals surface area contributed by atoms with Gasteiger partial charge in [-0.25, -0.2) is 0 Å². The number of nitrogens with zero attached hydrogens (tertiary/aromatic N) is 1. The Hall–Kier alpha value is -1.06. The van der Waals surface area contributed by atoms with Gasteiger partial charge < -0.3 is 5.32 Å². The van der Waals surface area contributed by atoms with E-state index in [1.807, 2.05) is 19.9 Å². The largest absolute Gasteiger partial charge is 0.352 e. The first-order valence-electron chi connectivity index (χ1n) is 7.14. The number of nitrogens with one attached hydrogen (secondary N) is 1. The second kappa shape index (κ2) is 6.59. The number of carbonyl (C=O) groups excluding carboxylic acids is 1. The normalized spacial score (nSPS) is 20.1. The van der Waals surface area contributed by atoms with Crippen LogP contribution >= 0.6 is 11.6 Å². The molecule has 1 aliphatic rings. The molecule has 2 rings (SSSR count). The molecule has 110 valence electrons. The zero-order chi connectivity index (χ0) is 14.6. The third-order valence-corrected chi connectivity index (χ3v) is 4.47. The second-order valence-electron chi connectivity index (χ2n) is 6.20. The third kappa shape index (κ3) is 3.97. The molecule has 1 aliphatic heterocycles. The molecule has 1 heterocycles. The van der Waals surface area contributed by atoms with Crippen LogP contribution in [0.2, 0.25) is 0 Å². The number of hydrogen-bond donors (Lipinski definition) is 1. The molecule has 1 fully saturated rings. The van der Waals surface area contributed by atoms with E-state index in [9.17, 15) is 4.79 Å². The van der Waals surface area contributed by atoms with Crippen molar-refractivity contribution in [3.63, 3.8) is 0 Å². The molecule has 1 saturated heterocycles. The molecule has 0 aromatic heterocycles. The molecule has 4 heteroatoms. The molecule has 1 N–H and O–H groups in total. The molecule has 1 aromatic carbocycles. The molecule has 0 spiro atoms. The smallest absolute Gasteiger partial charge is 0.227 e. The molecular formula is C16H23ClN2O. The summed E-state index contributed by atoms with van der Waals surface area (Å²) in [6.07, 6.45) is 1.01. The van der Waals surface area contributed by atoms with E-state index >= 15 is 0 Å². The van der Waals surface area contributed by atoms with Gasteiger partial charge >= 0.3 is 0 Å². The zero-order valence-electron chi connectivity index (χ0n) is 12.2. The lowest BCUT2D eigenvalue weighted by atomic mass is 9.95. The van der Waals surface area contributed by atoms with Crippen molar-refractivity contribution in [2.24, 2.45) is 5.41 Å². The van der Waals surface area contributed by atoms with E-state index in [2.05, 4.69) is 34.5 Å². The number of rotatable bonds is 5. The lowest BCUT2D eigenvalue weighted by Crippen LogP contribution is -2.44. The average molecular weight is 295 g/mol. The maximum atomic E-state index is 12.1. The third-order valence-electron chi connectivity index (χ3n) is 3.81. The van der Waals surface area contributed by atoms with Crippen LogP contribution in [0.25, 0.3) is 0 Å². The Morgan fingerprint density at radius 3 is 2.75 bits per heavy atom. The van der Waals surface area contributed by atoms with Crippen LogP contribution in [-0.2, 0) is 11.3 Å². The van der Waals surface area contributed by atoms with Crippen molar-refractivity contribution in [2.45, 2.75) is 32.9 Å².